The van der Waals surface area contributed by atoms with Crippen molar-refractivity contribution in [2.75, 3.05) is 13.1 Å². The van der Waals surface area contributed by atoms with E-state index >= 15 is 0 Å². The summed E-state index contributed by atoms with van der Waals surface area (Å²) in [6.45, 7) is 2.17. The molecular weight excluding hydrogens is 144 g/mol. The van der Waals surface area contributed by atoms with E-state index in [2.05, 4.69) is 10.3 Å². The molecule has 6 heteroatoms. The molecule has 0 spiro atoms. The van der Waals surface area contributed by atoms with Gasteiger partial charge in [0.2, 0.25) is 6.34 Å². The van der Waals surface area contributed by atoms with Gasteiger partial charge in [-0.2, -0.15) is 0 Å². The molecule has 0 bridgehead atoms. The van der Waals surface area contributed by atoms with E-state index in [4.69, 9.17) is 13.3 Å². The molecule has 1 unspecified atom stereocenters. The second-order valence-electron chi connectivity index (χ2n) is 1.27. The van der Waals surface area contributed by atoms with Crippen molar-refractivity contribution >= 4 is 17.7 Å². The predicted molar refractivity (Wildman–Crippen MR) is 31.4 cm³/mol. The Kier molecular flexibility index (Phi) is 5.38. The molecule has 9 heavy (non-hydrogen) atoms. The van der Waals surface area contributed by atoms with Gasteiger partial charge in [0.1, 0.15) is 13.1 Å². The van der Waals surface area contributed by atoms with Crippen molar-refractivity contribution in [1.82, 2.24) is 5.32 Å². The third-order valence-electron chi connectivity index (χ3n) is 0.618. The minimum Gasteiger partial charge on any atom is -0.750 e. The first-order valence-electron chi connectivity index (χ1n) is 2.30. The van der Waals surface area contributed by atoms with Crippen LogP contribution in [0.15, 0.2) is 0 Å². The largest absolute Gasteiger partial charge is 0.750 e. The van der Waals surface area contributed by atoms with Gasteiger partial charge in [0.05, 0.1) is 11.4 Å². The summed E-state index contributed by atoms with van der Waals surface area (Å²) in [6.07, 6.45) is 1.86. The number of hydrogen-bond acceptors (Lipinski definition) is 3. The lowest BCUT2D eigenvalue weighted by atomic mass is 10.7. The maximum atomic E-state index is 8.56. The van der Waals surface area contributed by atoms with Crippen molar-refractivity contribution in [2.45, 2.75) is 0 Å². The molecule has 0 aromatic carbocycles. The maximum absolute atomic E-state index is 8.56. The Morgan fingerprint density at radius 1 is 1.89 bits per heavy atom. The van der Waals surface area contributed by atoms with Gasteiger partial charge in [-0.25, -0.2) is 4.21 Å². The third-order valence-corrected chi connectivity index (χ3v) is 0.618. The van der Waals surface area contributed by atoms with Crippen LogP contribution in [0.3, 0.4) is 0 Å². The molecule has 1 heterocycles. The van der Waals surface area contributed by atoms with Crippen LogP contribution in [-0.2, 0) is 11.4 Å². The summed E-state index contributed by atoms with van der Waals surface area (Å²) < 4.78 is 24.1. The fraction of sp³-hybridized carbons (Fsp3) is 0.667. The van der Waals surface area contributed by atoms with E-state index in [0.29, 0.717) is 0 Å². The molecule has 0 fully saturated rings. The average molecular weight is 152 g/mol. The highest BCUT2D eigenvalue weighted by molar-refractivity contribution is 7.73. The van der Waals surface area contributed by atoms with Gasteiger partial charge in [-0.15, -0.1) is 0 Å². The summed E-state index contributed by atoms with van der Waals surface area (Å²) >= 11 is -2.86. The monoisotopic (exact) mass is 152 g/mol. The number of hydrogen-bond donors (Lipinski definition) is 3. The summed E-state index contributed by atoms with van der Waals surface area (Å²) in [5, 5.41) is 2.99. The second-order valence-corrected chi connectivity index (χ2v) is 1.70. The Hall–Kier alpha value is -0.460. The van der Waals surface area contributed by atoms with E-state index in [9.17, 15) is 0 Å². The SMILES string of the molecule is C1=[NH+]CCN1.O=S([O-])O. The van der Waals surface area contributed by atoms with Crippen molar-refractivity contribution in [3.05, 3.63) is 0 Å². The van der Waals surface area contributed by atoms with Crippen LogP contribution in [-0.4, -0.2) is 32.7 Å². The molecule has 0 aromatic heterocycles. The van der Waals surface area contributed by atoms with Crippen molar-refractivity contribution in [1.29, 1.82) is 0 Å². The van der Waals surface area contributed by atoms with Gasteiger partial charge >= 0.3 is 0 Å². The minimum atomic E-state index is -2.86. The zero-order valence-corrected chi connectivity index (χ0v) is 5.48. The van der Waals surface area contributed by atoms with Crippen molar-refractivity contribution < 1.29 is 18.3 Å². The van der Waals surface area contributed by atoms with Gasteiger partial charge in [0, 0.05) is 0 Å². The zero-order valence-electron chi connectivity index (χ0n) is 4.66. The van der Waals surface area contributed by atoms with Crippen LogP contribution < -0.4 is 10.3 Å². The summed E-state index contributed by atoms with van der Waals surface area (Å²) in [5.74, 6) is 0. The molecule has 3 N–H and O–H groups in total. The highest BCUT2D eigenvalue weighted by Gasteiger charge is 1.90. The second kappa shape index (κ2) is 5.67. The van der Waals surface area contributed by atoms with Gasteiger partial charge < -0.3 is 9.11 Å². The van der Waals surface area contributed by atoms with Crippen molar-refractivity contribution in [3.8, 4) is 0 Å². The molecule has 0 amide bonds. The number of nitrogens with one attached hydrogen (secondary N) is 2. The molecule has 5 nitrogen and oxygen atoms in total. The molecule has 0 aromatic rings. The standard InChI is InChI=1S/C3H6N2.H2O3S/c1-2-5-3-4-1;1-4(2)3/h3H,1-2H2,(H,4,5);(H2,1,2,3). The van der Waals surface area contributed by atoms with E-state index in [1.165, 1.54) is 0 Å². The minimum absolute atomic E-state index is 1.08. The summed E-state index contributed by atoms with van der Waals surface area (Å²) in [5.41, 5.74) is 0. The fourth-order valence-electron chi connectivity index (χ4n) is 0.361. The smallest absolute Gasteiger partial charge is 0.230 e. The van der Waals surface area contributed by atoms with E-state index in [1.54, 1.807) is 0 Å². The molecule has 1 aliphatic heterocycles. The first-order valence-corrected chi connectivity index (χ1v) is 3.33. The summed E-state index contributed by atoms with van der Waals surface area (Å²) in [6, 6.07) is 0. The highest BCUT2D eigenvalue weighted by Crippen LogP contribution is 1.43. The molecule has 1 aliphatic rings. The van der Waals surface area contributed by atoms with Gasteiger partial charge in [0.25, 0.3) is 0 Å². The Bertz CT molecular complexity index is 106. The van der Waals surface area contributed by atoms with Gasteiger partial charge in [-0.1, -0.05) is 0 Å². The van der Waals surface area contributed by atoms with Crippen LogP contribution in [0.25, 0.3) is 0 Å². The quantitative estimate of drug-likeness (QED) is 0.324. The van der Waals surface area contributed by atoms with E-state index in [1.807, 2.05) is 6.34 Å². The van der Waals surface area contributed by atoms with Gasteiger partial charge in [-0.3, -0.25) is 10.3 Å². The Morgan fingerprint density at radius 2 is 2.44 bits per heavy atom. The van der Waals surface area contributed by atoms with Crippen LogP contribution in [0.2, 0.25) is 0 Å². The Morgan fingerprint density at radius 3 is 2.56 bits per heavy atom. The molecule has 1 rings (SSSR count). The Balaban J connectivity index is 0.000000148. The first-order chi connectivity index (χ1) is 4.23. The molecular formula is C3H8N2O3S. The van der Waals surface area contributed by atoms with Gasteiger partial charge in [-0.05, 0) is 0 Å². The summed E-state index contributed by atoms with van der Waals surface area (Å²) in [7, 11) is 0. The molecule has 0 radical (unpaired) electrons. The van der Waals surface area contributed by atoms with E-state index < -0.39 is 11.4 Å². The maximum Gasteiger partial charge on any atom is 0.230 e. The van der Waals surface area contributed by atoms with Crippen LogP contribution in [0.5, 0.6) is 0 Å². The fourth-order valence-corrected chi connectivity index (χ4v) is 0.361. The Labute approximate surface area is 55.3 Å². The topological polar surface area (TPSA) is 86.4 Å². The van der Waals surface area contributed by atoms with E-state index in [-0.39, 0.29) is 0 Å². The normalized spacial score (nSPS) is 17.6. The van der Waals surface area contributed by atoms with Crippen molar-refractivity contribution in [2.24, 2.45) is 0 Å². The average Bonchev–Trinajstić information content (AvgIpc) is 2.11. The molecule has 0 saturated carbocycles. The predicted octanol–water partition coefficient (Wildman–Crippen LogP) is -2.96. The highest BCUT2D eigenvalue weighted by atomic mass is 32.2. The lowest BCUT2D eigenvalue weighted by Crippen LogP contribution is -2.66. The number of rotatable bonds is 0. The van der Waals surface area contributed by atoms with Crippen LogP contribution in [0.1, 0.15) is 0 Å². The lowest BCUT2D eigenvalue weighted by Gasteiger charge is -1.83. The molecule has 1 atom stereocenters. The molecule has 54 valence electrons. The first kappa shape index (κ1) is 8.54. The molecule has 0 aliphatic carbocycles. The van der Waals surface area contributed by atoms with Crippen LogP contribution >= 0.6 is 0 Å². The molecule has 0 saturated heterocycles. The summed E-state index contributed by atoms with van der Waals surface area (Å²) in [4.78, 5) is 2.99. The van der Waals surface area contributed by atoms with Gasteiger partial charge in [0.15, 0.2) is 0 Å². The third kappa shape index (κ3) is 11.2. The zero-order chi connectivity index (χ0) is 7.11. The van der Waals surface area contributed by atoms with Crippen LogP contribution in [0.4, 0.5) is 0 Å². The van der Waals surface area contributed by atoms with Crippen LogP contribution in [0, 0.1) is 0 Å². The lowest BCUT2D eigenvalue weighted by molar-refractivity contribution is -0.439. The van der Waals surface area contributed by atoms with E-state index in [0.717, 1.165) is 13.1 Å². The van der Waals surface area contributed by atoms with Crippen molar-refractivity contribution in [3.63, 3.8) is 0 Å².